The number of terminal acetylenes is 1. The Kier molecular flexibility index (Phi) is 3.62. The number of carboxylic acid groups (broad SMARTS) is 1. The molecule has 0 heterocycles. The Labute approximate surface area is 72.7 Å². The van der Waals surface area contributed by atoms with E-state index in [0.29, 0.717) is 12.3 Å². The number of ether oxygens (including phenoxy) is 1. The molecule has 0 radical (unpaired) electrons. The van der Waals surface area contributed by atoms with Crippen LogP contribution in [0.3, 0.4) is 0 Å². The molecule has 0 amide bonds. The first-order chi connectivity index (χ1) is 5.39. The topological polar surface area (TPSA) is 46.5 Å². The maximum absolute atomic E-state index is 10.2. The van der Waals surface area contributed by atoms with E-state index in [1.807, 2.05) is 13.8 Å². The van der Waals surface area contributed by atoms with Gasteiger partial charge in [-0.15, -0.1) is 6.42 Å². The predicted octanol–water partition coefficient (Wildman–Crippen LogP) is 2.12. The molecule has 3 nitrogen and oxygen atoms in total. The zero-order chi connectivity index (χ0) is 9.78. The molecule has 0 fully saturated rings. The Morgan fingerprint density at radius 2 is 2.25 bits per heavy atom. The molecule has 1 atom stereocenters. The lowest BCUT2D eigenvalue weighted by Crippen LogP contribution is -2.30. The molecule has 1 unspecified atom stereocenters. The fraction of sp³-hybridized carbons (Fsp3) is 0.667. The molecule has 0 spiro atoms. The minimum absolute atomic E-state index is 0.311. The van der Waals surface area contributed by atoms with Gasteiger partial charge >= 0.3 is 6.16 Å². The largest absolute Gasteiger partial charge is 0.507 e. The van der Waals surface area contributed by atoms with Gasteiger partial charge < -0.3 is 9.84 Å². The van der Waals surface area contributed by atoms with Crippen molar-refractivity contribution in [2.24, 2.45) is 5.92 Å². The summed E-state index contributed by atoms with van der Waals surface area (Å²) in [7, 11) is 0. The fourth-order valence-corrected chi connectivity index (χ4v) is 1.10. The number of hydrogen-bond donors (Lipinski definition) is 1. The zero-order valence-electron chi connectivity index (χ0n) is 7.63. The second kappa shape index (κ2) is 4.01. The van der Waals surface area contributed by atoms with Gasteiger partial charge in [-0.1, -0.05) is 19.8 Å². The van der Waals surface area contributed by atoms with Crippen LogP contribution in [0.4, 0.5) is 4.79 Å². The summed E-state index contributed by atoms with van der Waals surface area (Å²) in [5.74, 6) is 2.65. The second-order valence-corrected chi connectivity index (χ2v) is 3.34. The van der Waals surface area contributed by atoms with Gasteiger partial charge in [0.15, 0.2) is 5.60 Å². The lowest BCUT2D eigenvalue weighted by molar-refractivity contribution is 0.0157. The Morgan fingerprint density at radius 3 is 2.50 bits per heavy atom. The van der Waals surface area contributed by atoms with Crippen LogP contribution < -0.4 is 0 Å². The van der Waals surface area contributed by atoms with Crippen LogP contribution in [-0.2, 0) is 4.74 Å². The first kappa shape index (κ1) is 10.8. The van der Waals surface area contributed by atoms with Crippen LogP contribution in [0.15, 0.2) is 0 Å². The van der Waals surface area contributed by atoms with E-state index in [4.69, 9.17) is 11.5 Å². The molecule has 1 N–H and O–H groups in total. The van der Waals surface area contributed by atoms with Gasteiger partial charge in [-0.05, 0) is 12.8 Å². The highest BCUT2D eigenvalue weighted by Gasteiger charge is 2.26. The van der Waals surface area contributed by atoms with Crippen molar-refractivity contribution in [3.63, 3.8) is 0 Å². The van der Waals surface area contributed by atoms with Crippen LogP contribution in [0.1, 0.15) is 27.2 Å². The monoisotopic (exact) mass is 170 g/mol. The highest BCUT2D eigenvalue weighted by molar-refractivity contribution is 5.58. The lowest BCUT2D eigenvalue weighted by Gasteiger charge is -2.23. The molecular weight excluding hydrogens is 156 g/mol. The maximum atomic E-state index is 10.2. The SMILES string of the molecule is C#CC(C)(CC(C)C)OC(=O)O. The smallest absolute Gasteiger partial charge is 0.450 e. The van der Waals surface area contributed by atoms with Crippen molar-refractivity contribution >= 4 is 6.16 Å². The van der Waals surface area contributed by atoms with E-state index < -0.39 is 11.8 Å². The van der Waals surface area contributed by atoms with Gasteiger partial charge in [0.05, 0.1) is 0 Å². The Bertz CT molecular complexity index is 202. The van der Waals surface area contributed by atoms with Crippen molar-refractivity contribution in [3.8, 4) is 12.3 Å². The van der Waals surface area contributed by atoms with Crippen molar-refractivity contribution in [2.75, 3.05) is 0 Å². The number of hydrogen-bond acceptors (Lipinski definition) is 2. The Balaban J connectivity index is 4.27. The summed E-state index contributed by atoms with van der Waals surface area (Å²) in [6.07, 6.45) is 4.38. The van der Waals surface area contributed by atoms with Gasteiger partial charge in [-0.25, -0.2) is 4.79 Å². The molecule has 68 valence electrons. The first-order valence-electron chi connectivity index (χ1n) is 3.79. The minimum Gasteiger partial charge on any atom is -0.450 e. The van der Waals surface area contributed by atoms with E-state index in [0.717, 1.165) is 0 Å². The summed E-state index contributed by atoms with van der Waals surface area (Å²) in [4.78, 5) is 10.2. The second-order valence-electron chi connectivity index (χ2n) is 3.34. The van der Waals surface area contributed by atoms with Crippen LogP contribution in [0, 0.1) is 18.3 Å². The number of carbonyl (C=O) groups is 1. The van der Waals surface area contributed by atoms with Gasteiger partial charge in [0, 0.05) is 6.42 Å². The molecule has 0 rings (SSSR count). The summed E-state index contributed by atoms with van der Waals surface area (Å²) in [5, 5.41) is 8.38. The molecule has 0 saturated carbocycles. The zero-order valence-corrected chi connectivity index (χ0v) is 7.63. The van der Waals surface area contributed by atoms with Gasteiger partial charge in [0.1, 0.15) is 0 Å². The van der Waals surface area contributed by atoms with Crippen LogP contribution >= 0.6 is 0 Å². The van der Waals surface area contributed by atoms with Crippen LogP contribution in [0.2, 0.25) is 0 Å². The van der Waals surface area contributed by atoms with Crippen molar-refractivity contribution in [3.05, 3.63) is 0 Å². The van der Waals surface area contributed by atoms with Crippen LogP contribution in [-0.4, -0.2) is 16.9 Å². The highest BCUT2D eigenvalue weighted by Crippen LogP contribution is 2.19. The van der Waals surface area contributed by atoms with E-state index in [1.165, 1.54) is 0 Å². The maximum Gasteiger partial charge on any atom is 0.507 e. The normalized spacial score (nSPS) is 14.9. The molecule has 0 saturated heterocycles. The molecule has 12 heavy (non-hydrogen) atoms. The minimum atomic E-state index is -1.32. The molecule has 0 aromatic carbocycles. The van der Waals surface area contributed by atoms with E-state index in [1.54, 1.807) is 6.92 Å². The van der Waals surface area contributed by atoms with Gasteiger partial charge in [-0.3, -0.25) is 0 Å². The predicted molar refractivity (Wildman–Crippen MR) is 45.8 cm³/mol. The van der Waals surface area contributed by atoms with E-state index in [9.17, 15) is 4.79 Å². The summed E-state index contributed by atoms with van der Waals surface area (Å²) in [6, 6.07) is 0. The van der Waals surface area contributed by atoms with Crippen molar-refractivity contribution in [1.29, 1.82) is 0 Å². The van der Waals surface area contributed by atoms with Gasteiger partial charge in [0.25, 0.3) is 0 Å². The number of rotatable bonds is 3. The van der Waals surface area contributed by atoms with Crippen molar-refractivity contribution in [2.45, 2.75) is 32.8 Å². The average molecular weight is 170 g/mol. The third-order valence-electron chi connectivity index (χ3n) is 1.42. The van der Waals surface area contributed by atoms with Crippen molar-refractivity contribution < 1.29 is 14.6 Å². The van der Waals surface area contributed by atoms with Gasteiger partial charge in [0.2, 0.25) is 0 Å². The van der Waals surface area contributed by atoms with E-state index in [-0.39, 0.29) is 0 Å². The van der Waals surface area contributed by atoms with Gasteiger partial charge in [-0.2, -0.15) is 0 Å². The summed E-state index contributed by atoms with van der Waals surface area (Å²) in [6.45, 7) is 5.52. The quantitative estimate of drug-likeness (QED) is 0.521. The molecule has 0 aliphatic carbocycles. The third-order valence-corrected chi connectivity index (χ3v) is 1.42. The Morgan fingerprint density at radius 1 is 1.75 bits per heavy atom. The van der Waals surface area contributed by atoms with E-state index in [2.05, 4.69) is 10.7 Å². The molecule has 0 aliphatic rings. The van der Waals surface area contributed by atoms with E-state index >= 15 is 0 Å². The molecule has 0 aromatic heterocycles. The molecular formula is C9H14O3. The van der Waals surface area contributed by atoms with Crippen molar-refractivity contribution in [1.82, 2.24) is 0 Å². The molecule has 0 aromatic rings. The molecule has 3 heteroatoms. The summed E-state index contributed by atoms with van der Waals surface area (Å²) >= 11 is 0. The fourth-order valence-electron chi connectivity index (χ4n) is 1.10. The summed E-state index contributed by atoms with van der Waals surface area (Å²) in [5.41, 5.74) is -0.986. The summed E-state index contributed by atoms with van der Waals surface area (Å²) < 4.78 is 4.58. The van der Waals surface area contributed by atoms with Crippen LogP contribution in [0.5, 0.6) is 0 Å². The Hall–Kier alpha value is -1.17. The van der Waals surface area contributed by atoms with Crippen LogP contribution in [0.25, 0.3) is 0 Å². The first-order valence-corrected chi connectivity index (χ1v) is 3.79. The molecule has 0 aliphatic heterocycles. The lowest BCUT2D eigenvalue weighted by atomic mass is 9.95. The third kappa shape index (κ3) is 3.87. The standard InChI is InChI=1S/C9H14O3/c1-5-9(4,6-7(2)3)12-8(10)11/h1,7H,6H2,2-4H3,(H,10,11). The highest BCUT2D eigenvalue weighted by atomic mass is 16.7. The average Bonchev–Trinajstić information content (AvgIpc) is 1.83. The molecule has 0 bridgehead atoms.